The highest BCUT2D eigenvalue weighted by molar-refractivity contribution is 9.11. The van der Waals surface area contributed by atoms with E-state index in [1.807, 2.05) is 0 Å². The summed E-state index contributed by atoms with van der Waals surface area (Å²) in [6.07, 6.45) is 1.50. The molecule has 112 valence electrons. The molecule has 1 atom stereocenters. The summed E-state index contributed by atoms with van der Waals surface area (Å²) in [4.78, 5) is 0. The number of hydrogen-bond acceptors (Lipinski definition) is 3. The van der Waals surface area contributed by atoms with E-state index in [2.05, 4.69) is 15.9 Å². The molecule has 1 aromatic carbocycles. The summed E-state index contributed by atoms with van der Waals surface area (Å²) >= 11 is 4.48. The lowest BCUT2D eigenvalue weighted by Gasteiger charge is -2.23. The second kappa shape index (κ2) is 5.79. The first-order valence-corrected chi connectivity index (χ1v) is 9.56. The standard InChI is InChI=1S/C14H13BrFNO2S2/c15-13-6-7-14(20-13)21(18,19)17-8-2-5-12(17)10-3-1-4-11(16)9-10/h1,3-4,6-7,9,12H,2,5,8H2. The van der Waals surface area contributed by atoms with Crippen LogP contribution < -0.4 is 0 Å². The Labute approximate surface area is 135 Å². The van der Waals surface area contributed by atoms with Crippen LogP contribution in [-0.2, 0) is 10.0 Å². The van der Waals surface area contributed by atoms with Crippen molar-refractivity contribution in [3.05, 3.63) is 51.6 Å². The van der Waals surface area contributed by atoms with Crippen LogP contribution in [0.5, 0.6) is 0 Å². The molecule has 3 nitrogen and oxygen atoms in total. The fraction of sp³-hybridized carbons (Fsp3) is 0.286. The number of hydrogen-bond donors (Lipinski definition) is 0. The van der Waals surface area contributed by atoms with Gasteiger partial charge in [0.2, 0.25) is 0 Å². The van der Waals surface area contributed by atoms with Gasteiger partial charge in [-0.2, -0.15) is 4.31 Å². The molecule has 7 heteroatoms. The van der Waals surface area contributed by atoms with E-state index in [0.717, 1.165) is 16.6 Å². The van der Waals surface area contributed by atoms with E-state index in [4.69, 9.17) is 0 Å². The molecule has 0 radical (unpaired) electrons. The summed E-state index contributed by atoms with van der Waals surface area (Å²) in [5.74, 6) is -0.337. The van der Waals surface area contributed by atoms with E-state index in [-0.39, 0.29) is 11.9 Å². The fourth-order valence-corrected chi connectivity index (χ4v) is 6.45. The minimum Gasteiger partial charge on any atom is -0.207 e. The predicted octanol–water partition coefficient (Wildman–Crippen LogP) is 4.18. The maximum Gasteiger partial charge on any atom is 0.253 e. The summed E-state index contributed by atoms with van der Waals surface area (Å²) in [5, 5.41) is 0. The van der Waals surface area contributed by atoms with Crippen LogP contribution in [-0.4, -0.2) is 19.3 Å². The van der Waals surface area contributed by atoms with Gasteiger partial charge >= 0.3 is 0 Å². The molecule has 0 aliphatic carbocycles. The molecule has 2 aromatic rings. The monoisotopic (exact) mass is 389 g/mol. The lowest BCUT2D eigenvalue weighted by molar-refractivity contribution is 0.396. The van der Waals surface area contributed by atoms with E-state index < -0.39 is 10.0 Å². The normalized spacial score (nSPS) is 20.0. The Kier molecular flexibility index (Phi) is 4.18. The number of halogens is 2. The summed E-state index contributed by atoms with van der Waals surface area (Å²) in [5.41, 5.74) is 0.715. The smallest absolute Gasteiger partial charge is 0.207 e. The van der Waals surface area contributed by atoms with Crippen molar-refractivity contribution in [1.82, 2.24) is 4.31 Å². The van der Waals surface area contributed by atoms with Crippen molar-refractivity contribution in [2.24, 2.45) is 0 Å². The molecule has 1 fully saturated rings. The van der Waals surface area contributed by atoms with Crippen molar-refractivity contribution in [2.45, 2.75) is 23.1 Å². The SMILES string of the molecule is O=S(=O)(c1ccc(Br)s1)N1CCCC1c1cccc(F)c1. The number of sulfonamides is 1. The highest BCUT2D eigenvalue weighted by Gasteiger charge is 2.37. The van der Waals surface area contributed by atoms with Crippen LogP contribution in [0, 0.1) is 5.82 Å². The molecule has 1 aliphatic rings. The van der Waals surface area contributed by atoms with Gasteiger partial charge in [0.1, 0.15) is 10.0 Å². The molecule has 0 amide bonds. The minimum absolute atomic E-state index is 0.286. The average Bonchev–Trinajstić information content (AvgIpc) is 3.07. The highest BCUT2D eigenvalue weighted by Crippen LogP contribution is 2.38. The van der Waals surface area contributed by atoms with Crippen LogP contribution in [0.2, 0.25) is 0 Å². The van der Waals surface area contributed by atoms with E-state index in [9.17, 15) is 12.8 Å². The second-order valence-electron chi connectivity index (χ2n) is 4.89. The fourth-order valence-electron chi connectivity index (χ4n) is 2.63. The summed E-state index contributed by atoms with van der Waals surface area (Å²) < 4.78 is 41.5. The average molecular weight is 390 g/mol. The lowest BCUT2D eigenvalue weighted by atomic mass is 10.1. The molecule has 0 N–H and O–H groups in total. The summed E-state index contributed by atoms with van der Waals surface area (Å²) in [6.45, 7) is 0.471. The highest BCUT2D eigenvalue weighted by atomic mass is 79.9. The van der Waals surface area contributed by atoms with Crippen molar-refractivity contribution in [3.8, 4) is 0 Å². The van der Waals surface area contributed by atoms with Crippen molar-refractivity contribution in [3.63, 3.8) is 0 Å². The molecule has 1 unspecified atom stereocenters. The van der Waals surface area contributed by atoms with Crippen LogP contribution in [0.4, 0.5) is 4.39 Å². The molecule has 2 heterocycles. The van der Waals surface area contributed by atoms with Gasteiger partial charge in [-0.1, -0.05) is 12.1 Å². The van der Waals surface area contributed by atoms with Crippen molar-refractivity contribution < 1.29 is 12.8 Å². The molecule has 1 saturated heterocycles. The van der Waals surface area contributed by atoms with Gasteiger partial charge in [0.05, 0.1) is 9.83 Å². The van der Waals surface area contributed by atoms with E-state index in [1.165, 1.54) is 27.8 Å². The molecule has 3 rings (SSSR count). The Morgan fingerprint density at radius 2 is 2.10 bits per heavy atom. The molecule has 21 heavy (non-hydrogen) atoms. The van der Waals surface area contributed by atoms with E-state index in [0.29, 0.717) is 16.3 Å². The number of thiophene rings is 1. The molecule has 1 aliphatic heterocycles. The Morgan fingerprint density at radius 1 is 1.29 bits per heavy atom. The van der Waals surface area contributed by atoms with Crippen molar-refractivity contribution >= 4 is 37.3 Å². The third kappa shape index (κ3) is 2.92. The van der Waals surface area contributed by atoms with Crippen LogP contribution in [0.25, 0.3) is 0 Å². The van der Waals surface area contributed by atoms with Crippen molar-refractivity contribution in [1.29, 1.82) is 0 Å². The first-order chi connectivity index (χ1) is 9.98. The Bertz CT molecular complexity index is 760. The topological polar surface area (TPSA) is 37.4 Å². The van der Waals surface area contributed by atoms with Gasteiger partial charge in [0.25, 0.3) is 10.0 Å². The number of benzene rings is 1. The van der Waals surface area contributed by atoms with Gasteiger partial charge in [-0.3, -0.25) is 0 Å². The predicted molar refractivity (Wildman–Crippen MR) is 84.3 cm³/mol. The van der Waals surface area contributed by atoms with Gasteiger partial charge in [0, 0.05) is 6.54 Å². The third-order valence-electron chi connectivity index (χ3n) is 3.55. The van der Waals surface area contributed by atoms with Crippen molar-refractivity contribution in [2.75, 3.05) is 6.54 Å². The van der Waals surface area contributed by atoms with Gasteiger partial charge in [-0.25, -0.2) is 12.8 Å². The molecule has 0 saturated carbocycles. The van der Waals surface area contributed by atoms with Gasteiger partial charge in [0.15, 0.2) is 0 Å². The first kappa shape index (κ1) is 15.1. The molecule has 1 aromatic heterocycles. The molecule has 0 spiro atoms. The maximum atomic E-state index is 13.4. The Hall–Kier alpha value is -0.760. The van der Waals surface area contributed by atoms with Gasteiger partial charge < -0.3 is 0 Å². The summed E-state index contributed by atoms with van der Waals surface area (Å²) in [6, 6.07) is 9.24. The zero-order valence-electron chi connectivity index (χ0n) is 11.0. The van der Waals surface area contributed by atoms with Crippen LogP contribution in [0.3, 0.4) is 0 Å². The van der Waals surface area contributed by atoms with Gasteiger partial charge in [-0.15, -0.1) is 11.3 Å². The molecular formula is C14H13BrFNO2S2. The second-order valence-corrected chi connectivity index (χ2v) is 9.47. The van der Waals surface area contributed by atoms with E-state index >= 15 is 0 Å². The summed E-state index contributed by atoms with van der Waals surface area (Å²) in [7, 11) is -3.53. The van der Waals surface area contributed by atoms with Crippen LogP contribution in [0.1, 0.15) is 24.4 Å². The van der Waals surface area contributed by atoms with Crippen LogP contribution in [0.15, 0.2) is 44.4 Å². The first-order valence-electron chi connectivity index (χ1n) is 6.51. The lowest BCUT2D eigenvalue weighted by Crippen LogP contribution is -2.30. The van der Waals surface area contributed by atoms with E-state index in [1.54, 1.807) is 24.3 Å². The molecule has 0 bridgehead atoms. The maximum absolute atomic E-state index is 13.4. The zero-order chi connectivity index (χ0) is 15.0. The quantitative estimate of drug-likeness (QED) is 0.789. The number of rotatable bonds is 3. The van der Waals surface area contributed by atoms with Crippen LogP contribution >= 0.6 is 27.3 Å². The zero-order valence-corrected chi connectivity index (χ0v) is 14.2. The minimum atomic E-state index is -3.53. The Balaban J connectivity index is 1.97. The molecular weight excluding hydrogens is 377 g/mol. The van der Waals surface area contributed by atoms with Gasteiger partial charge in [-0.05, 0) is 58.6 Å². The largest absolute Gasteiger partial charge is 0.253 e. The number of nitrogens with zero attached hydrogens (tertiary/aromatic N) is 1. The Morgan fingerprint density at radius 3 is 2.76 bits per heavy atom. The third-order valence-corrected chi connectivity index (χ3v) is 7.55.